The van der Waals surface area contributed by atoms with Gasteiger partial charge in [0.05, 0.1) is 16.7 Å². The van der Waals surface area contributed by atoms with Crippen molar-refractivity contribution in [3.05, 3.63) is 41.1 Å². The van der Waals surface area contributed by atoms with Gasteiger partial charge >= 0.3 is 0 Å². The average molecular weight is 338 g/mol. The Kier molecular flexibility index (Phi) is 4.24. The van der Waals surface area contributed by atoms with E-state index in [1.54, 1.807) is 0 Å². The number of aryl methyl sites for hydroxylation is 2. The van der Waals surface area contributed by atoms with Crippen LogP contribution in [0.2, 0.25) is 0 Å². The lowest BCUT2D eigenvalue weighted by Crippen LogP contribution is -2.46. The number of carbonyl (C=O) groups excluding carboxylic acids is 1. The number of likely N-dealkylation sites (tertiary alicyclic amines) is 1. The molecular weight excluding hydrogens is 312 g/mol. The molecule has 2 aromatic rings. The SMILES string of the molecule is CCc1ccc2nc(C)cc(C(=O)N3CCC4(CCCO4)CC3)c2c1. The monoisotopic (exact) mass is 338 g/mol. The average Bonchev–Trinajstić information content (AvgIpc) is 3.08. The van der Waals surface area contributed by atoms with Gasteiger partial charge in [-0.2, -0.15) is 0 Å². The smallest absolute Gasteiger partial charge is 0.254 e. The summed E-state index contributed by atoms with van der Waals surface area (Å²) in [6, 6.07) is 8.21. The standard InChI is InChI=1S/C21H26N2O2/c1-3-16-5-6-19-17(14-16)18(13-15(2)22-19)20(24)23-10-8-21(9-11-23)7-4-12-25-21/h5-6,13-14H,3-4,7-12H2,1-2H3. The highest BCUT2D eigenvalue weighted by molar-refractivity contribution is 6.06. The zero-order chi connectivity index (χ0) is 17.4. The number of nitrogens with zero attached hydrogens (tertiary/aromatic N) is 2. The Balaban J connectivity index is 1.63. The van der Waals surface area contributed by atoms with Gasteiger partial charge in [-0.05, 0) is 62.8 Å². The topological polar surface area (TPSA) is 42.4 Å². The minimum atomic E-state index is 0.0440. The lowest BCUT2D eigenvalue weighted by molar-refractivity contribution is -0.0387. The molecule has 4 heteroatoms. The van der Waals surface area contributed by atoms with Crippen molar-refractivity contribution in [2.75, 3.05) is 19.7 Å². The predicted octanol–water partition coefficient (Wildman–Crippen LogP) is 3.89. The summed E-state index contributed by atoms with van der Waals surface area (Å²) < 4.78 is 5.99. The van der Waals surface area contributed by atoms with Crippen LogP contribution in [-0.4, -0.2) is 41.1 Å². The second-order valence-corrected chi connectivity index (χ2v) is 7.44. The molecule has 2 fully saturated rings. The van der Waals surface area contributed by atoms with Crippen LogP contribution in [0.5, 0.6) is 0 Å². The van der Waals surface area contributed by atoms with Crippen LogP contribution in [0.25, 0.3) is 10.9 Å². The van der Waals surface area contributed by atoms with Crippen molar-refractivity contribution in [3.8, 4) is 0 Å². The fourth-order valence-electron chi connectivity index (χ4n) is 4.24. The van der Waals surface area contributed by atoms with Gasteiger partial charge in [0.25, 0.3) is 5.91 Å². The highest BCUT2D eigenvalue weighted by Gasteiger charge is 2.39. The minimum absolute atomic E-state index is 0.0440. The Hall–Kier alpha value is -1.94. The zero-order valence-corrected chi connectivity index (χ0v) is 15.2. The second-order valence-electron chi connectivity index (χ2n) is 7.44. The molecule has 25 heavy (non-hydrogen) atoms. The van der Waals surface area contributed by atoms with Crippen LogP contribution in [-0.2, 0) is 11.2 Å². The molecule has 132 valence electrons. The number of rotatable bonds is 2. The maximum Gasteiger partial charge on any atom is 0.254 e. The van der Waals surface area contributed by atoms with Crippen molar-refractivity contribution in [1.29, 1.82) is 0 Å². The summed E-state index contributed by atoms with van der Waals surface area (Å²) in [5.74, 6) is 0.136. The van der Waals surface area contributed by atoms with Crippen LogP contribution in [0.3, 0.4) is 0 Å². The third kappa shape index (κ3) is 3.04. The van der Waals surface area contributed by atoms with E-state index in [4.69, 9.17) is 4.74 Å². The molecule has 4 nitrogen and oxygen atoms in total. The van der Waals surface area contributed by atoms with Crippen LogP contribution in [0.1, 0.15) is 54.2 Å². The number of aromatic nitrogens is 1. The number of carbonyl (C=O) groups is 1. The van der Waals surface area contributed by atoms with E-state index in [9.17, 15) is 4.79 Å². The quantitative estimate of drug-likeness (QED) is 0.834. The van der Waals surface area contributed by atoms with E-state index >= 15 is 0 Å². The minimum Gasteiger partial charge on any atom is -0.375 e. The van der Waals surface area contributed by atoms with Gasteiger partial charge in [0, 0.05) is 30.8 Å². The number of fused-ring (bicyclic) bond motifs is 1. The molecule has 0 saturated carbocycles. The molecule has 2 aliphatic heterocycles. The van der Waals surface area contributed by atoms with Crippen molar-refractivity contribution in [1.82, 2.24) is 9.88 Å². The number of hydrogen-bond acceptors (Lipinski definition) is 3. The Morgan fingerprint density at radius 2 is 2.04 bits per heavy atom. The molecule has 1 aromatic heterocycles. The van der Waals surface area contributed by atoms with Gasteiger partial charge in [0.1, 0.15) is 0 Å². The van der Waals surface area contributed by atoms with Gasteiger partial charge in [-0.25, -0.2) is 0 Å². The van der Waals surface area contributed by atoms with Gasteiger partial charge in [-0.15, -0.1) is 0 Å². The van der Waals surface area contributed by atoms with Crippen molar-refractivity contribution in [3.63, 3.8) is 0 Å². The third-order valence-electron chi connectivity index (χ3n) is 5.79. The molecule has 0 unspecified atom stereocenters. The van der Waals surface area contributed by atoms with Crippen LogP contribution in [0, 0.1) is 6.92 Å². The molecule has 1 amide bonds. The molecule has 0 N–H and O–H groups in total. The molecule has 1 spiro atoms. The maximum atomic E-state index is 13.2. The summed E-state index contributed by atoms with van der Waals surface area (Å²) >= 11 is 0. The summed E-state index contributed by atoms with van der Waals surface area (Å²) in [6.07, 6.45) is 5.18. The highest BCUT2D eigenvalue weighted by atomic mass is 16.5. The lowest BCUT2D eigenvalue weighted by atomic mass is 9.88. The highest BCUT2D eigenvalue weighted by Crippen LogP contribution is 2.36. The van der Waals surface area contributed by atoms with Crippen molar-refractivity contribution >= 4 is 16.8 Å². The maximum absolute atomic E-state index is 13.2. The van der Waals surface area contributed by atoms with Gasteiger partial charge < -0.3 is 9.64 Å². The lowest BCUT2D eigenvalue weighted by Gasteiger charge is -2.38. The van der Waals surface area contributed by atoms with Gasteiger partial charge in [0.15, 0.2) is 0 Å². The largest absolute Gasteiger partial charge is 0.375 e. The molecule has 1 aromatic carbocycles. The van der Waals surface area contributed by atoms with Crippen LogP contribution in [0.4, 0.5) is 0 Å². The molecule has 2 aliphatic rings. The number of amides is 1. The summed E-state index contributed by atoms with van der Waals surface area (Å²) in [7, 11) is 0. The molecule has 2 saturated heterocycles. The fraction of sp³-hybridized carbons (Fsp3) is 0.524. The first-order chi connectivity index (χ1) is 12.1. The van der Waals surface area contributed by atoms with Gasteiger partial charge in [-0.1, -0.05) is 13.0 Å². The molecule has 0 aliphatic carbocycles. The van der Waals surface area contributed by atoms with E-state index in [1.807, 2.05) is 24.0 Å². The first-order valence-corrected chi connectivity index (χ1v) is 9.44. The first kappa shape index (κ1) is 16.5. The van der Waals surface area contributed by atoms with Crippen molar-refractivity contribution in [2.24, 2.45) is 0 Å². The van der Waals surface area contributed by atoms with E-state index < -0.39 is 0 Å². The second kappa shape index (κ2) is 6.41. The van der Waals surface area contributed by atoms with E-state index in [2.05, 4.69) is 24.0 Å². The van der Waals surface area contributed by atoms with E-state index in [1.165, 1.54) is 5.56 Å². The first-order valence-electron chi connectivity index (χ1n) is 9.44. The molecule has 0 radical (unpaired) electrons. The van der Waals surface area contributed by atoms with Crippen molar-refractivity contribution in [2.45, 2.75) is 51.6 Å². The molecule has 0 bridgehead atoms. The summed E-state index contributed by atoms with van der Waals surface area (Å²) in [6.45, 7) is 6.55. The molecule has 4 rings (SSSR count). The number of ether oxygens (including phenoxy) is 1. The van der Waals surface area contributed by atoms with Crippen LogP contribution in [0.15, 0.2) is 24.3 Å². The number of hydrogen-bond donors (Lipinski definition) is 0. The molecular formula is C21H26N2O2. The molecule has 0 atom stereocenters. The molecule has 3 heterocycles. The Bertz CT molecular complexity index is 799. The predicted molar refractivity (Wildman–Crippen MR) is 98.9 cm³/mol. The van der Waals surface area contributed by atoms with Crippen molar-refractivity contribution < 1.29 is 9.53 Å². The van der Waals surface area contributed by atoms with Gasteiger partial charge in [0.2, 0.25) is 0 Å². The number of pyridine rings is 1. The fourth-order valence-corrected chi connectivity index (χ4v) is 4.24. The Morgan fingerprint density at radius 3 is 2.72 bits per heavy atom. The van der Waals surface area contributed by atoms with Crippen LogP contribution < -0.4 is 0 Å². The summed E-state index contributed by atoms with van der Waals surface area (Å²) in [5, 5.41) is 0.979. The summed E-state index contributed by atoms with van der Waals surface area (Å²) in [5.41, 5.74) is 3.88. The van der Waals surface area contributed by atoms with E-state index in [0.717, 1.165) is 74.0 Å². The van der Waals surface area contributed by atoms with E-state index in [-0.39, 0.29) is 11.5 Å². The summed E-state index contributed by atoms with van der Waals surface area (Å²) in [4.78, 5) is 19.8. The third-order valence-corrected chi connectivity index (χ3v) is 5.79. The van der Waals surface area contributed by atoms with E-state index in [0.29, 0.717) is 0 Å². The number of piperidine rings is 1. The normalized spacial score (nSPS) is 19.7. The Morgan fingerprint density at radius 1 is 1.24 bits per heavy atom. The Labute approximate surface area is 149 Å². The zero-order valence-electron chi connectivity index (χ0n) is 15.2. The number of benzene rings is 1. The van der Waals surface area contributed by atoms with Crippen LogP contribution >= 0.6 is 0 Å². The van der Waals surface area contributed by atoms with Gasteiger partial charge in [-0.3, -0.25) is 9.78 Å².